The number of nitrogens with zero attached hydrogens (tertiary/aromatic N) is 1. The van der Waals surface area contributed by atoms with Gasteiger partial charge in [-0.3, -0.25) is 4.79 Å². The Kier molecular flexibility index (Phi) is 7.64. The Hall–Kier alpha value is -5.25. The van der Waals surface area contributed by atoms with Crippen molar-refractivity contribution in [1.82, 2.24) is 15.3 Å². The summed E-state index contributed by atoms with van der Waals surface area (Å²) >= 11 is 0. The number of pyridine rings is 1. The van der Waals surface area contributed by atoms with Gasteiger partial charge in [-0.15, -0.1) is 0 Å². The molecule has 210 valence electrons. The number of aromatic nitrogens is 2. The first-order valence-electron chi connectivity index (χ1n) is 12.7. The van der Waals surface area contributed by atoms with Crippen LogP contribution < -0.4 is 24.3 Å². The highest BCUT2D eigenvalue weighted by atomic mass is 16.5. The maximum Gasteiger partial charge on any atom is 0.326 e. The average Bonchev–Trinajstić information content (AvgIpc) is 3.41. The predicted molar refractivity (Wildman–Crippen MR) is 154 cm³/mol. The van der Waals surface area contributed by atoms with Gasteiger partial charge in [0.15, 0.2) is 11.5 Å². The van der Waals surface area contributed by atoms with E-state index in [4.69, 9.17) is 23.9 Å². The van der Waals surface area contributed by atoms with Crippen LogP contribution in [-0.4, -0.2) is 61.4 Å². The van der Waals surface area contributed by atoms with Crippen molar-refractivity contribution in [2.75, 3.05) is 28.4 Å². The average molecular weight is 556 g/mol. The Bertz CT molecular complexity index is 1740. The molecule has 0 aliphatic rings. The van der Waals surface area contributed by atoms with E-state index < -0.39 is 17.9 Å². The van der Waals surface area contributed by atoms with Crippen LogP contribution >= 0.6 is 0 Å². The molecule has 0 bridgehead atoms. The number of hydrogen-bond donors (Lipinski definition) is 3. The number of aliphatic carboxylic acids is 1. The number of ether oxygens (including phenoxy) is 4. The Labute approximate surface area is 235 Å². The minimum absolute atomic E-state index is 0.0944. The van der Waals surface area contributed by atoms with Crippen molar-refractivity contribution in [3.8, 4) is 34.3 Å². The number of carbonyl (C=O) groups excluding carboxylic acids is 1. The van der Waals surface area contributed by atoms with E-state index >= 15 is 0 Å². The summed E-state index contributed by atoms with van der Waals surface area (Å²) in [6.45, 7) is 0. The molecule has 5 aromatic rings. The second-order valence-corrected chi connectivity index (χ2v) is 9.28. The Balaban J connectivity index is 1.58. The van der Waals surface area contributed by atoms with Gasteiger partial charge in [-0.1, -0.05) is 18.2 Å². The fourth-order valence-corrected chi connectivity index (χ4v) is 4.85. The van der Waals surface area contributed by atoms with E-state index in [1.807, 2.05) is 24.3 Å². The van der Waals surface area contributed by atoms with E-state index in [0.29, 0.717) is 45.2 Å². The fourth-order valence-electron chi connectivity index (χ4n) is 4.85. The van der Waals surface area contributed by atoms with E-state index in [1.54, 1.807) is 42.6 Å². The first kappa shape index (κ1) is 27.3. The van der Waals surface area contributed by atoms with Gasteiger partial charge in [0, 0.05) is 34.5 Å². The largest absolute Gasteiger partial charge is 0.497 e. The fraction of sp³-hybridized carbons (Fsp3) is 0.194. The maximum absolute atomic E-state index is 13.8. The summed E-state index contributed by atoms with van der Waals surface area (Å²) < 4.78 is 21.8. The number of carbonyl (C=O) groups is 2. The third kappa shape index (κ3) is 5.31. The molecule has 0 fully saturated rings. The third-order valence-electron chi connectivity index (χ3n) is 6.92. The molecule has 2 heterocycles. The lowest BCUT2D eigenvalue weighted by molar-refractivity contribution is -0.139. The number of hydrogen-bond acceptors (Lipinski definition) is 7. The Morgan fingerprint density at radius 3 is 2.29 bits per heavy atom. The summed E-state index contributed by atoms with van der Waals surface area (Å²) in [4.78, 5) is 34.0. The van der Waals surface area contributed by atoms with Gasteiger partial charge in [-0.05, 0) is 48.0 Å². The number of nitrogens with one attached hydrogen (secondary N) is 2. The SMILES string of the molecule is COc1ccc2nc(-c3cc(OC)c(OC)c(OC)c3)cc(C(=O)NC(Cc3c[nH]c4ccccc34)C(=O)O)c2c1. The van der Waals surface area contributed by atoms with Gasteiger partial charge in [0.25, 0.3) is 5.91 Å². The summed E-state index contributed by atoms with van der Waals surface area (Å²) in [6, 6.07) is 16.7. The molecule has 0 saturated heterocycles. The van der Waals surface area contributed by atoms with E-state index in [0.717, 1.165) is 16.5 Å². The van der Waals surface area contributed by atoms with Gasteiger partial charge in [-0.25, -0.2) is 9.78 Å². The van der Waals surface area contributed by atoms with Gasteiger partial charge in [0.1, 0.15) is 11.8 Å². The molecular formula is C31H29N3O7. The van der Waals surface area contributed by atoms with Crippen molar-refractivity contribution < 1.29 is 33.6 Å². The summed E-state index contributed by atoms with van der Waals surface area (Å²) in [5.41, 5.74) is 3.50. The van der Waals surface area contributed by atoms with Crippen LogP contribution in [0.4, 0.5) is 0 Å². The minimum atomic E-state index is -1.18. The Morgan fingerprint density at radius 1 is 0.902 bits per heavy atom. The molecule has 0 radical (unpaired) electrons. The molecule has 41 heavy (non-hydrogen) atoms. The lowest BCUT2D eigenvalue weighted by Gasteiger charge is -2.17. The number of amides is 1. The molecule has 3 aromatic carbocycles. The van der Waals surface area contributed by atoms with Crippen LogP contribution in [0, 0.1) is 0 Å². The highest BCUT2D eigenvalue weighted by Gasteiger charge is 2.25. The number of fused-ring (bicyclic) bond motifs is 2. The molecule has 0 saturated carbocycles. The summed E-state index contributed by atoms with van der Waals surface area (Å²) in [6.07, 6.45) is 1.86. The second kappa shape index (κ2) is 11.5. The Morgan fingerprint density at radius 2 is 1.63 bits per heavy atom. The number of para-hydroxylation sites is 1. The lowest BCUT2D eigenvalue weighted by atomic mass is 10.0. The van der Waals surface area contributed by atoms with Crippen molar-refractivity contribution in [2.24, 2.45) is 0 Å². The van der Waals surface area contributed by atoms with Crippen LogP contribution in [0.25, 0.3) is 33.1 Å². The monoisotopic (exact) mass is 555 g/mol. The molecule has 0 aliphatic heterocycles. The number of H-pyrrole nitrogens is 1. The smallest absolute Gasteiger partial charge is 0.326 e. The van der Waals surface area contributed by atoms with Gasteiger partial charge in [0.2, 0.25) is 5.75 Å². The first-order valence-corrected chi connectivity index (χ1v) is 12.7. The summed E-state index contributed by atoms with van der Waals surface area (Å²) in [7, 11) is 6.07. The van der Waals surface area contributed by atoms with Crippen LogP contribution in [0.2, 0.25) is 0 Å². The molecule has 1 atom stereocenters. The maximum atomic E-state index is 13.8. The van der Waals surface area contributed by atoms with E-state index in [9.17, 15) is 14.7 Å². The number of aromatic amines is 1. The van der Waals surface area contributed by atoms with Gasteiger partial charge in [-0.2, -0.15) is 0 Å². The number of rotatable bonds is 10. The topological polar surface area (TPSA) is 132 Å². The zero-order valence-electron chi connectivity index (χ0n) is 23.0. The highest BCUT2D eigenvalue weighted by molar-refractivity contribution is 6.08. The van der Waals surface area contributed by atoms with Crippen molar-refractivity contribution in [2.45, 2.75) is 12.5 Å². The summed E-state index contributed by atoms with van der Waals surface area (Å²) in [5.74, 6) is 0.0885. The molecule has 1 unspecified atom stereocenters. The predicted octanol–water partition coefficient (Wildman–Crippen LogP) is 4.84. The molecule has 0 aliphatic carbocycles. The molecule has 10 nitrogen and oxygen atoms in total. The van der Waals surface area contributed by atoms with Crippen molar-refractivity contribution in [1.29, 1.82) is 0 Å². The van der Waals surface area contributed by atoms with Crippen molar-refractivity contribution >= 4 is 33.7 Å². The third-order valence-corrected chi connectivity index (χ3v) is 6.92. The van der Waals surface area contributed by atoms with Crippen LogP contribution in [0.1, 0.15) is 15.9 Å². The van der Waals surface area contributed by atoms with Crippen LogP contribution in [0.5, 0.6) is 23.0 Å². The molecule has 2 aromatic heterocycles. The zero-order valence-corrected chi connectivity index (χ0v) is 23.0. The highest BCUT2D eigenvalue weighted by Crippen LogP contribution is 2.41. The first-order chi connectivity index (χ1) is 19.9. The molecule has 10 heteroatoms. The van der Waals surface area contributed by atoms with Crippen LogP contribution in [0.15, 0.2) is 66.9 Å². The van der Waals surface area contributed by atoms with Crippen LogP contribution in [0.3, 0.4) is 0 Å². The van der Waals surface area contributed by atoms with E-state index in [2.05, 4.69) is 10.3 Å². The number of carboxylic acids is 1. The molecule has 5 rings (SSSR count). The van der Waals surface area contributed by atoms with Crippen LogP contribution in [-0.2, 0) is 11.2 Å². The second-order valence-electron chi connectivity index (χ2n) is 9.28. The standard InChI is InChI=1S/C31H29N3O7/c1-38-19-9-10-24-21(14-19)22(15-25(33-24)17-12-27(39-2)29(41-4)28(13-17)40-3)30(35)34-26(31(36)37)11-18-16-32-23-8-6-5-7-20(18)23/h5-10,12-16,26,32H,11H2,1-4H3,(H,34,35)(H,36,37). The number of carboxylic acid groups (broad SMARTS) is 1. The van der Waals surface area contributed by atoms with Gasteiger partial charge in [0.05, 0.1) is 45.2 Å². The van der Waals surface area contributed by atoms with Gasteiger partial charge < -0.3 is 34.4 Å². The summed E-state index contributed by atoms with van der Waals surface area (Å²) in [5, 5.41) is 14.2. The van der Waals surface area contributed by atoms with E-state index in [-0.39, 0.29) is 12.0 Å². The molecule has 3 N–H and O–H groups in total. The van der Waals surface area contributed by atoms with Gasteiger partial charge >= 0.3 is 5.97 Å². The molecule has 0 spiro atoms. The zero-order chi connectivity index (χ0) is 29.1. The van der Waals surface area contributed by atoms with Crippen molar-refractivity contribution in [3.05, 3.63) is 78.0 Å². The molecule has 1 amide bonds. The number of methoxy groups -OCH3 is 4. The van der Waals surface area contributed by atoms with E-state index in [1.165, 1.54) is 28.4 Å². The van der Waals surface area contributed by atoms with Crippen molar-refractivity contribution in [3.63, 3.8) is 0 Å². The lowest BCUT2D eigenvalue weighted by Crippen LogP contribution is -2.42. The quantitative estimate of drug-likeness (QED) is 0.223. The number of benzene rings is 3. The normalized spacial score (nSPS) is 11.7. The minimum Gasteiger partial charge on any atom is -0.497 e. The molecular weight excluding hydrogens is 526 g/mol.